The van der Waals surface area contributed by atoms with Crippen LogP contribution in [0.15, 0.2) is 84.7 Å². The van der Waals surface area contributed by atoms with Gasteiger partial charge >= 0.3 is 198 Å². The SMILES string of the molecule is [Cl][Hf]([Cl])([CH]1C(n2cccp2)=Cc2ccccc21)[CH]1C(n2cccp2)=Cc2ccccc21. The van der Waals surface area contributed by atoms with Crippen LogP contribution in [0.3, 0.4) is 0 Å². The average Bonchev–Trinajstić information content (AvgIpc) is 3.57. The molecule has 0 amide bonds. The summed E-state index contributed by atoms with van der Waals surface area (Å²) in [5, 5.41) is 0. The number of allylic oxidation sites excluding steroid dienone is 2. The zero-order valence-corrected chi connectivity index (χ0v) is 23.3. The van der Waals surface area contributed by atoms with Gasteiger partial charge in [0.25, 0.3) is 0 Å². The predicted octanol–water partition coefficient (Wildman–Crippen LogP) is 8.72. The van der Waals surface area contributed by atoms with Crippen molar-refractivity contribution in [3.8, 4) is 0 Å². The van der Waals surface area contributed by atoms with E-state index in [1.165, 1.54) is 33.6 Å². The summed E-state index contributed by atoms with van der Waals surface area (Å²) >= 11 is -4.12. The topological polar surface area (TPSA) is 9.86 Å². The van der Waals surface area contributed by atoms with E-state index in [4.69, 9.17) is 17.2 Å². The van der Waals surface area contributed by atoms with E-state index in [2.05, 4.69) is 105 Å². The van der Waals surface area contributed by atoms with Crippen molar-refractivity contribution >= 4 is 57.4 Å². The molecule has 152 valence electrons. The molecule has 2 atom stereocenters. The van der Waals surface area contributed by atoms with Gasteiger partial charge < -0.3 is 0 Å². The molecular formula is C24H18Cl2HfN2P2. The predicted molar refractivity (Wildman–Crippen MR) is 132 cm³/mol. The molecule has 2 heterocycles. The van der Waals surface area contributed by atoms with Crippen molar-refractivity contribution in [3.05, 3.63) is 107 Å². The second-order valence-corrected chi connectivity index (χ2v) is 30.6. The van der Waals surface area contributed by atoms with Crippen LogP contribution in [0.2, 0.25) is 0 Å². The first-order valence-corrected chi connectivity index (χ1v) is 25.0. The van der Waals surface area contributed by atoms with Crippen molar-refractivity contribution in [2.75, 3.05) is 0 Å². The molecule has 0 N–H and O–H groups in total. The number of fused-ring (bicyclic) bond motifs is 2. The van der Waals surface area contributed by atoms with Gasteiger partial charge in [-0.05, 0) is 0 Å². The van der Waals surface area contributed by atoms with E-state index >= 15 is 0 Å². The van der Waals surface area contributed by atoms with Crippen LogP contribution in [-0.2, 0) is 17.6 Å². The first-order chi connectivity index (χ1) is 15.1. The zero-order valence-electron chi connectivity index (χ0n) is 16.4. The minimum absolute atomic E-state index is 0.0717. The van der Waals surface area contributed by atoms with Crippen molar-refractivity contribution < 1.29 is 17.6 Å². The third-order valence-electron chi connectivity index (χ3n) is 6.12. The molecule has 0 spiro atoms. The molecule has 2 nitrogen and oxygen atoms in total. The Kier molecular flexibility index (Phi) is 5.25. The van der Waals surface area contributed by atoms with Gasteiger partial charge in [0.2, 0.25) is 0 Å². The molecule has 2 aliphatic carbocycles. The van der Waals surface area contributed by atoms with Crippen LogP contribution in [0.5, 0.6) is 0 Å². The van der Waals surface area contributed by atoms with Gasteiger partial charge in [0.15, 0.2) is 0 Å². The van der Waals surface area contributed by atoms with Crippen molar-refractivity contribution in [1.29, 1.82) is 0 Å². The van der Waals surface area contributed by atoms with Gasteiger partial charge in [-0.3, -0.25) is 0 Å². The van der Waals surface area contributed by atoms with E-state index in [9.17, 15) is 0 Å². The summed E-state index contributed by atoms with van der Waals surface area (Å²) in [6.45, 7) is 0. The van der Waals surface area contributed by atoms with Gasteiger partial charge in [-0.2, -0.15) is 0 Å². The number of hydrogen-bond acceptors (Lipinski definition) is 0. The quantitative estimate of drug-likeness (QED) is 0.197. The summed E-state index contributed by atoms with van der Waals surface area (Å²) in [4.78, 5) is 0. The third kappa shape index (κ3) is 3.33. The first kappa shape index (κ1) is 20.4. The van der Waals surface area contributed by atoms with E-state index < -0.39 is 17.6 Å². The molecule has 4 aromatic rings. The first-order valence-electron chi connectivity index (χ1n) is 10.1. The second-order valence-electron chi connectivity index (χ2n) is 7.84. The summed E-state index contributed by atoms with van der Waals surface area (Å²) in [6.07, 6.45) is 8.87. The maximum atomic E-state index is 7.73. The van der Waals surface area contributed by atoms with Crippen LogP contribution in [-0.4, -0.2) is 8.66 Å². The maximum absolute atomic E-state index is 7.73. The van der Waals surface area contributed by atoms with E-state index in [1.807, 2.05) is 0 Å². The summed E-state index contributed by atoms with van der Waals surface area (Å²) < 4.78 is 4.72. The molecule has 7 heteroatoms. The van der Waals surface area contributed by atoms with Gasteiger partial charge in [-0.15, -0.1) is 0 Å². The van der Waals surface area contributed by atoms with E-state index in [0.717, 1.165) is 16.7 Å². The molecule has 6 rings (SSSR count). The average molecular weight is 646 g/mol. The standard InChI is InChI=1S/2C12H9NP.2ClH.Hf/c2*1-2-5-11-9-12(8-10(11)4-1)13-6-3-7-14-13;;;/h2*1-9H;2*1H;/q;;;;+2/p-2. The van der Waals surface area contributed by atoms with Crippen molar-refractivity contribution in [2.45, 2.75) is 7.35 Å². The molecular weight excluding hydrogens is 628 g/mol. The van der Waals surface area contributed by atoms with Crippen LogP contribution in [0.1, 0.15) is 29.6 Å². The molecule has 0 fully saturated rings. The van der Waals surface area contributed by atoms with E-state index in [-0.39, 0.29) is 7.35 Å². The molecule has 0 saturated heterocycles. The van der Waals surface area contributed by atoms with Gasteiger partial charge in [0, 0.05) is 0 Å². The Hall–Kier alpha value is -1.21. The number of rotatable bonds is 4. The molecule has 0 bridgehead atoms. The monoisotopic (exact) mass is 646 g/mol. The van der Waals surface area contributed by atoms with E-state index in [0.29, 0.717) is 0 Å². The van der Waals surface area contributed by atoms with Crippen LogP contribution in [0.4, 0.5) is 0 Å². The fraction of sp³-hybridized carbons (Fsp3) is 0.0833. The third-order valence-corrected chi connectivity index (χ3v) is 25.0. The summed E-state index contributed by atoms with van der Waals surface area (Å²) in [5.41, 5.74) is 7.53. The summed E-state index contributed by atoms with van der Waals surface area (Å²) in [6, 6.07) is 21.4. The van der Waals surface area contributed by atoms with Gasteiger partial charge in [0.05, 0.1) is 0 Å². The molecule has 31 heavy (non-hydrogen) atoms. The van der Waals surface area contributed by atoms with Gasteiger partial charge in [0.1, 0.15) is 0 Å². The van der Waals surface area contributed by atoms with Crippen LogP contribution in [0.25, 0.3) is 23.5 Å². The van der Waals surface area contributed by atoms with Crippen LogP contribution < -0.4 is 0 Å². The summed E-state index contributed by atoms with van der Waals surface area (Å²) in [5.74, 6) is 4.31. The Morgan fingerprint density at radius 3 is 1.52 bits per heavy atom. The number of benzene rings is 2. The minimum atomic E-state index is -4.12. The molecule has 2 aliphatic rings. The number of hydrogen-bond donors (Lipinski definition) is 0. The number of halogens is 2. The Balaban J connectivity index is 1.55. The Morgan fingerprint density at radius 2 is 1.10 bits per heavy atom. The van der Waals surface area contributed by atoms with E-state index in [1.54, 1.807) is 0 Å². The number of aromatic nitrogens is 2. The Labute approximate surface area is 196 Å². The fourth-order valence-electron chi connectivity index (χ4n) is 4.83. The zero-order chi connectivity index (χ0) is 21.0. The van der Waals surface area contributed by atoms with Gasteiger partial charge in [-0.1, -0.05) is 0 Å². The Morgan fingerprint density at radius 1 is 0.645 bits per heavy atom. The fourth-order valence-corrected chi connectivity index (χ4v) is 25.1. The molecule has 2 unspecified atom stereocenters. The van der Waals surface area contributed by atoms with Gasteiger partial charge in [-0.25, -0.2) is 0 Å². The number of nitrogens with zero attached hydrogens (tertiary/aromatic N) is 2. The molecule has 0 radical (unpaired) electrons. The second kappa shape index (κ2) is 7.98. The van der Waals surface area contributed by atoms with Crippen LogP contribution >= 0.6 is 33.9 Å². The normalized spacial score (nSPS) is 20.2. The molecule has 0 aliphatic heterocycles. The summed E-state index contributed by atoms with van der Waals surface area (Å²) in [7, 11) is 17.8. The Bertz CT molecular complexity index is 1230. The van der Waals surface area contributed by atoms with Crippen molar-refractivity contribution in [3.63, 3.8) is 0 Å². The van der Waals surface area contributed by atoms with Crippen LogP contribution in [0, 0.1) is 0 Å². The molecule has 2 aromatic heterocycles. The molecule has 2 aromatic carbocycles. The van der Waals surface area contributed by atoms with Crippen molar-refractivity contribution in [1.82, 2.24) is 8.66 Å². The molecule has 0 saturated carbocycles. The van der Waals surface area contributed by atoms with Crippen molar-refractivity contribution in [2.24, 2.45) is 0 Å².